The molecule has 0 radical (unpaired) electrons. The molecule has 1 amide bonds. The molecular weight excluding hydrogens is 446 g/mol. The van der Waals surface area contributed by atoms with E-state index in [4.69, 9.17) is 9.72 Å². The smallest absolute Gasteiger partial charge is 0.220 e. The Bertz CT molecular complexity index is 1340. The summed E-state index contributed by atoms with van der Waals surface area (Å²) in [6.45, 7) is 4.92. The number of unbranched alkanes of at least 4 members (excludes halogenated alkanes) is 2. The van der Waals surface area contributed by atoms with Crippen LogP contribution in [0.1, 0.15) is 56.1 Å². The number of ether oxygens (including phenoxy) is 1. The molecule has 1 aliphatic rings. The molecule has 36 heavy (non-hydrogen) atoms. The minimum atomic E-state index is 0.194. The van der Waals surface area contributed by atoms with Crippen molar-refractivity contribution in [2.75, 3.05) is 6.61 Å². The van der Waals surface area contributed by atoms with Crippen molar-refractivity contribution in [3.05, 3.63) is 77.9 Å². The van der Waals surface area contributed by atoms with Crippen LogP contribution in [0.4, 0.5) is 0 Å². The van der Waals surface area contributed by atoms with E-state index in [1.807, 2.05) is 30.3 Å². The van der Waals surface area contributed by atoms with E-state index < -0.39 is 0 Å². The van der Waals surface area contributed by atoms with E-state index in [1.165, 1.54) is 17.5 Å². The molecule has 0 atom stereocenters. The molecule has 5 rings (SSSR count). The number of fused-ring (bicyclic) bond motifs is 1. The highest BCUT2D eigenvalue weighted by Gasteiger charge is 2.19. The lowest BCUT2D eigenvalue weighted by Gasteiger charge is -2.26. The number of amides is 1. The number of nitrogens with one attached hydrogen (secondary N) is 1. The van der Waals surface area contributed by atoms with Gasteiger partial charge in [0.1, 0.15) is 11.6 Å². The number of benzene rings is 3. The van der Waals surface area contributed by atoms with Crippen molar-refractivity contribution < 1.29 is 9.53 Å². The molecule has 1 N–H and O–H groups in total. The zero-order valence-electron chi connectivity index (χ0n) is 21.3. The van der Waals surface area contributed by atoms with Gasteiger partial charge < -0.3 is 10.1 Å². The normalized spacial score (nSPS) is 13.5. The van der Waals surface area contributed by atoms with Gasteiger partial charge in [-0.15, -0.1) is 0 Å². The summed E-state index contributed by atoms with van der Waals surface area (Å²) in [6, 6.07) is 23.4. The zero-order chi connectivity index (χ0) is 24.9. The Morgan fingerprint density at radius 2 is 1.81 bits per heavy atom. The molecule has 5 nitrogen and oxygen atoms in total. The number of hydrogen-bond acceptors (Lipinski definition) is 3. The summed E-state index contributed by atoms with van der Waals surface area (Å²) in [5.41, 5.74) is 6.67. The van der Waals surface area contributed by atoms with Crippen LogP contribution in [0.2, 0.25) is 0 Å². The Labute approximate surface area is 213 Å². The second-order valence-electron chi connectivity index (χ2n) is 9.91. The van der Waals surface area contributed by atoms with E-state index in [9.17, 15) is 4.79 Å². The summed E-state index contributed by atoms with van der Waals surface area (Å²) in [5, 5.41) is 3.11. The van der Waals surface area contributed by atoms with Gasteiger partial charge in [0.25, 0.3) is 0 Å². The number of aryl methyl sites for hydroxylation is 2. The maximum absolute atomic E-state index is 12.0. The van der Waals surface area contributed by atoms with Gasteiger partial charge in [-0.2, -0.15) is 0 Å². The van der Waals surface area contributed by atoms with Crippen molar-refractivity contribution in [3.8, 4) is 22.8 Å². The summed E-state index contributed by atoms with van der Waals surface area (Å²) in [4.78, 5) is 17.0. The third kappa shape index (κ3) is 5.46. The van der Waals surface area contributed by atoms with Gasteiger partial charge in [-0.1, -0.05) is 36.4 Å². The Morgan fingerprint density at radius 3 is 2.56 bits per heavy atom. The second kappa shape index (κ2) is 11.0. The average Bonchev–Trinajstić information content (AvgIpc) is 3.25. The Hall–Kier alpha value is -3.60. The maximum atomic E-state index is 12.0. The number of aromatic nitrogens is 2. The number of hydrogen-bond donors (Lipinski definition) is 1. The largest absolute Gasteiger partial charge is 0.494 e. The van der Waals surface area contributed by atoms with Crippen LogP contribution in [0, 0.1) is 13.8 Å². The van der Waals surface area contributed by atoms with Crippen molar-refractivity contribution in [1.82, 2.24) is 14.9 Å². The number of carbonyl (C=O) groups is 1. The first-order chi connectivity index (χ1) is 17.6. The van der Waals surface area contributed by atoms with Gasteiger partial charge in [0.2, 0.25) is 5.91 Å². The minimum Gasteiger partial charge on any atom is -0.494 e. The monoisotopic (exact) mass is 481 g/mol. The Kier molecular flexibility index (Phi) is 7.36. The van der Waals surface area contributed by atoms with Crippen LogP contribution in [0.15, 0.2) is 66.7 Å². The molecule has 0 saturated heterocycles. The molecule has 4 aromatic rings. The predicted octanol–water partition coefficient (Wildman–Crippen LogP) is 6.92. The third-order valence-corrected chi connectivity index (χ3v) is 7.19. The van der Waals surface area contributed by atoms with Gasteiger partial charge in [-0.3, -0.25) is 9.36 Å². The van der Waals surface area contributed by atoms with E-state index in [0.717, 1.165) is 66.0 Å². The first kappa shape index (κ1) is 24.1. The van der Waals surface area contributed by atoms with Crippen molar-refractivity contribution >= 4 is 16.9 Å². The molecule has 0 spiro atoms. The molecule has 5 heteroatoms. The van der Waals surface area contributed by atoms with Crippen LogP contribution in [-0.2, 0) is 4.79 Å². The summed E-state index contributed by atoms with van der Waals surface area (Å²) in [6.07, 6.45) is 6.95. The highest BCUT2D eigenvalue weighted by molar-refractivity contribution is 5.84. The van der Waals surface area contributed by atoms with Gasteiger partial charge >= 0.3 is 0 Å². The highest BCUT2D eigenvalue weighted by Crippen LogP contribution is 2.31. The predicted molar refractivity (Wildman–Crippen MR) is 146 cm³/mol. The van der Waals surface area contributed by atoms with Crippen LogP contribution in [0.5, 0.6) is 5.75 Å². The molecule has 186 valence electrons. The second-order valence-corrected chi connectivity index (χ2v) is 9.91. The van der Waals surface area contributed by atoms with Gasteiger partial charge in [0, 0.05) is 29.8 Å². The van der Waals surface area contributed by atoms with Crippen LogP contribution in [-0.4, -0.2) is 28.1 Å². The van der Waals surface area contributed by atoms with Gasteiger partial charge in [-0.05, 0) is 87.8 Å². The molecule has 1 heterocycles. The van der Waals surface area contributed by atoms with E-state index in [-0.39, 0.29) is 5.91 Å². The molecule has 1 aromatic heterocycles. The van der Waals surface area contributed by atoms with Gasteiger partial charge in [-0.25, -0.2) is 4.98 Å². The lowest BCUT2D eigenvalue weighted by atomic mass is 9.93. The zero-order valence-corrected chi connectivity index (χ0v) is 21.3. The number of carbonyl (C=O) groups excluding carboxylic acids is 1. The molecule has 0 aliphatic heterocycles. The fraction of sp³-hybridized carbons (Fsp3) is 0.355. The van der Waals surface area contributed by atoms with Crippen LogP contribution < -0.4 is 10.1 Å². The standard InChI is InChI=1S/C31H35N3O2/c1-22-15-16-26(20-23(22)2)34-29-21-27(17-18-28(29)33-31(34)24-10-5-3-6-11-24)36-19-8-4-7-14-30(35)32-25-12-9-13-25/h3,5-6,10-11,15-18,20-21,25H,4,7-9,12-14,19H2,1-2H3,(H,32,35). The van der Waals surface area contributed by atoms with Crippen molar-refractivity contribution in [2.24, 2.45) is 0 Å². The fourth-order valence-corrected chi connectivity index (χ4v) is 4.66. The van der Waals surface area contributed by atoms with Crippen LogP contribution >= 0.6 is 0 Å². The third-order valence-electron chi connectivity index (χ3n) is 7.19. The number of nitrogens with zero attached hydrogens (tertiary/aromatic N) is 2. The number of imidazole rings is 1. The highest BCUT2D eigenvalue weighted by atomic mass is 16.5. The lowest BCUT2D eigenvalue weighted by Crippen LogP contribution is -2.39. The van der Waals surface area contributed by atoms with E-state index in [2.05, 4.69) is 60.1 Å². The van der Waals surface area contributed by atoms with E-state index in [1.54, 1.807) is 0 Å². The summed E-state index contributed by atoms with van der Waals surface area (Å²) in [5.74, 6) is 1.96. The fourth-order valence-electron chi connectivity index (χ4n) is 4.66. The minimum absolute atomic E-state index is 0.194. The van der Waals surface area contributed by atoms with Crippen molar-refractivity contribution in [1.29, 1.82) is 0 Å². The maximum Gasteiger partial charge on any atom is 0.220 e. The Balaban J connectivity index is 1.29. The molecule has 3 aromatic carbocycles. The lowest BCUT2D eigenvalue weighted by molar-refractivity contribution is -0.122. The van der Waals surface area contributed by atoms with Crippen LogP contribution in [0.3, 0.4) is 0 Å². The van der Waals surface area contributed by atoms with Gasteiger partial charge in [0.05, 0.1) is 17.6 Å². The molecule has 1 fully saturated rings. The quantitative estimate of drug-likeness (QED) is 0.250. The van der Waals surface area contributed by atoms with Crippen molar-refractivity contribution in [2.45, 2.75) is 64.8 Å². The topological polar surface area (TPSA) is 56.2 Å². The summed E-state index contributed by atoms with van der Waals surface area (Å²) < 4.78 is 8.35. The summed E-state index contributed by atoms with van der Waals surface area (Å²) >= 11 is 0. The molecular formula is C31H35N3O2. The first-order valence-corrected chi connectivity index (χ1v) is 13.2. The molecule has 1 saturated carbocycles. The molecule has 0 unspecified atom stereocenters. The van der Waals surface area contributed by atoms with E-state index in [0.29, 0.717) is 19.1 Å². The summed E-state index contributed by atoms with van der Waals surface area (Å²) in [7, 11) is 0. The SMILES string of the molecule is Cc1ccc(-n2c(-c3ccccc3)nc3ccc(OCCCCCC(=O)NC4CCC4)cc32)cc1C. The number of rotatable bonds is 10. The van der Waals surface area contributed by atoms with Crippen LogP contribution in [0.25, 0.3) is 28.1 Å². The van der Waals surface area contributed by atoms with Gasteiger partial charge in [0.15, 0.2) is 0 Å². The van der Waals surface area contributed by atoms with E-state index >= 15 is 0 Å². The Morgan fingerprint density at radius 1 is 0.972 bits per heavy atom. The molecule has 1 aliphatic carbocycles. The average molecular weight is 482 g/mol. The van der Waals surface area contributed by atoms with Crippen molar-refractivity contribution in [3.63, 3.8) is 0 Å². The first-order valence-electron chi connectivity index (χ1n) is 13.2. The molecule has 0 bridgehead atoms.